The second-order valence-corrected chi connectivity index (χ2v) is 5.79. The van der Waals surface area contributed by atoms with Gasteiger partial charge in [0, 0.05) is 13.0 Å². The molecule has 4 N–H and O–H groups in total. The van der Waals surface area contributed by atoms with Crippen LogP contribution in [0.1, 0.15) is 31.4 Å². The van der Waals surface area contributed by atoms with E-state index < -0.39 is 0 Å². The predicted octanol–water partition coefficient (Wildman–Crippen LogP) is 2.04. The Labute approximate surface area is 143 Å². The molecule has 1 amide bonds. The Kier molecular flexibility index (Phi) is 4.94. The van der Waals surface area contributed by atoms with Crippen LogP contribution in [0.2, 0.25) is 0 Å². The average Bonchev–Trinajstić information content (AvgIpc) is 3.20. The third-order valence-corrected chi connectivity index (χ3v) is 3.89. The summed E-state index contributed by atoms with van der Waals surface area (Å²) in [6.45, 7) is 2.52. The molecule has 9 heteroatoms. The first-order valence-electron chi connectivity index (χ1n) is 8.07. The molecule has 0 aliphatic carbocycles. The van der Waals surface area contributed by atoms with Crippen molar-refractivity contribution in [1.82, 2.24) is 25.2 Å². The van der Waals surface area contributed by atoms with Gasteiger partial charge >= 0.3 is 0 Å². The lowest BCUT2D eigenvalue weighted by Crippen LogP contribution is -2.17. The van der Waals surface area contributed by atoms with Crippen LogP contribution in [0.4, 0.5) is 5.95 Å². The summed E-state index contributed by atoms with van der Waals surface area (Å²) in [7, 11) is 0. The monoisotopic (exact) mass is 344 g/mol. The largest absolute Gasteiger partial charge is 0.460 e. The SMILES string of the molecule is Cc1ccc(-c2nc(N)nc3c2cnn3CCCCCC(=O)NO)o1. The molecule has 25 heavy (non-hydrogen) atoms. The van der Waals surface area contributed by atoms with E-state index in [4.69, 9.17) is 15.4 Å². The standard InChI is InChI=1S/C16H20N6O3/c1-10-6-7-12(25-10)14-11-9-18-22(15(11)20-16(17)19-14)8-4-2-3-5-13(23)21-24/h6-7,9,24H,2-5,8H2,1H3,(H,21,23)(H2,17,19,20). The summed E-state index contributed by atoms with van der Waals surface area (Å²) in [6, 6.07) is 3.71. The van der Waals surface area contributed by atoms with Crippen molar-refractivity contribution in [2.45, 2.75) is 39.2 Å². The molecule has 0 aliphatic rings. The fourth-order valence-corrected chi connectivity index (χ4v) is 2.67. The zero-order valence-electron chi connectivity index (χ0n) is 13.9. The molecule has 0 aliphatic heterocycles. The average molecular weight is 344 g/mol. The fourth-order valence-electron chi connectivity index (χ4n) is 2.67. The van der Waals surface area contributed by atoms with Gasteiger partial charge in [0.2, 0.25) is 11.9 Å². The number of fused-ring (bicyclic) bond motifs is 1. The third kappa shape index (κ3) is 3.77. The molecule has 9 nitrogen and oxygen atoms in total. The maximum absolute atomic E-state index is 11.0. The van der Waals surface area contributed by atoms with E-state index in [1.165, 1.54) is 0 Å². The first-order valence-corrected chi connectivity index (χ1v) is 8.07. The number of hydrogen-bond acceptors (Lipinski definition) is 7. The Morgan fingerprint density at radius 1 is 1.32 bits per heavy atom. The fraction of sp³-hybridized carbons (Fsp3) is 0.375. The summed E-state index contributed by atoms with van der Waals surface area (Å²) in [4.78, 5) is 19.6. The number of amides is 1. The third-order valence-electron chi connectivity index (χ3n) is 3.89. The first-order chi connectivity index (χ1) is 12.1. The zero-order chi connectivity index (χ0) is 17.8. The molecule has 3 rings (SSSR count). The number of carbonyl (C=O) groups excluding carboxylic acids is 1. The van der Waals surface area contributed by atoms with E-state index in [2.05, 4.69) is 15.1 Å². The normalized spacial score (nSPS) is 11.1. The van der Waals surface area contributed by atoms with Gasteiger partial charge in [0.05, 0.1) is 11.6 Å². The van der Waals surface area contributed by atoms with E-state index in [9.17, 15) is 4.79 Å². The van der Waals surface area contributed by atoms with Gasteiger partial charge in [-0.1, -0.05) is 6.42 Å². The number of unbranched alkanes of at least 4 members (excludes halogenated alkanes) is 2. The van der Waals surface area contributed by atoms with Crippen LogP contribution in [0, 0.1) is 6.92 Å². The summed E-state index contributed by atoms with van der Waals surface area (Å²) < 4.78 is 7.42. The highest BCUT2D eigenvalue weighted by Crippen LogP contribution is 2.28. The van der Waals surface area contributed by atoms with Crippen molar-refractivity contribution in [3.63, 3.8) is 0 Å². The molecule has 0 spiro atoms. The Bertz CT molecular complexity index is 885. The number of rotatable bonds is 7. The molecular formula is C16H20N6O3. The van der Waals surface area contributed by atoms with Gasteiger partial charge in [-0.2, -0.15) is 10.1 Å². The van der Waals surface area contributed by atoms with E-state index in [-0.39, 0.29) is 11.9 Å². The quantitative estimate of drug-likeness (QED) is 0.339. The Morgan fingerprint density at radius 3 is 2.88 bits per heavy atom. The molecule has 0 bridgehead atoms. The van der Waals surface area contributed by atoms with E-state index >= 15 is 0 Å². The van der Waals surface area contributed by atoms with Crippen LogP contribution in [0.5, 0.6) is 0 Å². The number of nitrogens with zero attached hydrogens (tertiary/aromatic N) is 4. The molecule has 3 heterocycles. The summed E-state index contributed by atoms with van der Waals surface area (Å²) >= 11 is 0. The number of hydroxylamine groups is 1. The highest BCUT2D eigenvalue weighted by atomic mass is 16.5. The van der Waals surface area contributed by atoms with E-state index in [0.29, 0.717) is 36.5 Å². The van der Waals surface area contributed by atoms with Gasteiger partial charge in [-0.15, -0.1) is 0 Å². The van der Waals surface area contributed by atoms with Gasteiger partial charge in [0.15, 0.2) is 11.4 Å². The summed E-state index contributed by atoms with van der Waals surface area (Å²) in [6.07, 6.45) is 4.36. The second kappa shape index (κ2) is 7.31. The number of anilines is 1. The summed E-state index contributed by atoms with van der Waals surface area (Å²) in [5.74, 6) is 1.21. The zero-order valence-corrected chi connectivity index (χ0v) is 13.9. The number of aromatic nitrogens is 4. The molecular weight excluding hydrogens is 324 g/mol. The predicted molar refractivity (Wildman–Crippen MR) is 90.6 cm³/mol. The number of carbonyl (C=O) groups is 1. The highest BCUT2D eigenvalue weighted by Gasteiger charge is 2.15. The van der Waals surface area contributed by atoms with Crippen molar-refractivity contribution >= 4 is 22.9 Å². The lowest BCUT2D eigenvalue weighted by molar-refractivity contribution is -0.129. The van der Waals surface area contributed by atoms with E-state index in [1.807, 2.05) is 19.1 Å². The smallest absolute Gasteiger partial charge is 0.243 e. The molecule has 0 fully saturated rings. The minimum absolute atomic E-state index is 0.165. The van der Waals surface area contributed by atoms with Gasteiger partial charge in [-0.25, -0.2) is 15.1 Å². The van der Waals surface area contributed by atoms with Gasteiger partial charge in [0.25, 0.3) is 0 Å². The number of nitrogen functional groups attached to an aromatic ring is 1. The molecule has 0 radical (unpaired) electrons. The van der Waals surface area contributed by atoms with E-state index in [1.54, 1.807) is 16.4 Å². The van der Waals surface area contributed by atoms with Crippen LogP contribution >= 0.6 is 0 Å². The molecule has 0 atom stereocenters. The summed E-state index contributed by atoms with van der Waals surface area (Å²) in [5, 5.41) is 13.6. The molecule has 0 aromatic carbocycles. The maximum Gasteiger partial charge on any atom is 0.243 e. The van der Waals surface area contributed by atoms with Gasteiger partial charge in [-0.3, -0.25) is 10.0 Å². The minimum Gasteiger partial charge on any atom is -0.460 e. The number of nitrogens with two attached hydrogens (primary N) is 1. The van der Waals surface area contributed by atoms with Crippen molar-refractivity contribution in [1.29, 1.82) is 0 Å². The number of nitrogens with one attached hydrogen (secondary N) is 1. The molecule has 0 saturated heterocycles. The second-order valence-electron chi connectivity index (χ2n) is 5.79. The lowest BCUT2D eigenvalue weighted by Gasteiger charge is -2.05. The van der Waals surface area contributed by atoms with Crippen LogP contribution in [0.3, 0.4) is 0 Å². The Hall–Kier alpha value is -2.94. The molecule has 0 unspecified atom stereocenters. The van der Waals surface area contributed by atoms with E-state index in [0.717, 1.165) is 24.0 Å². The number of hydrogen-bond donors (Lipinski definition) is 3. The molecule has 0 saturated carbocycles. The highest BCUT2D eigenvalue weighted by molar-refractivity contribution is 5.89. The van der Waals surface area contributed by atoms with Crippen LogP contribution in [0.15, 0.2) is 22.7 Å². The maximum atomic E-state index is 11.0. The van der Waals surface area contributed by atoms with Gasteiger partial charge < -0.3 is 10.2 Å². The van der Waals surface area contributed by atoms with Crippen molar-refractivity contribution in [2.75, 3.05) is 5.73 Å². The van der Waals surface area contributed by atoms with Gasteiger partial charge in [0.1, 0.15) is 11.5 Å². The van der Waals surface area contributed by atoms with Crippen LogP contribution in [0.25, 0.3) is 22.5 Å². The van der Waals surface area contributed by atoms with Crippen LogP contribution < -0.4 is 11.2 Å². The van der Waals surface area contributed by atoms with Crippen LogP contribution in [-0.4, -0.2) is 30.9 Å². The molecule has 3 aromatic heterocycles. The first kappa shape index (κ1) is 16.9. The molecule has 132 valence electrons. The van der Waals surface area contributed by atoms with Crippen molar-refractivity contribution in [3.05, 3.63) is 24.1 Å². The summed E-state index contributed by atoms with van der Waals surface area (Å²) in [5.41, 5.74) is 8.76. The minimum atomic E-state index is -0.372. The Balaban J connectivity index is 1.75. The number of furan rings is 1. The topological polar surface area (TPSA) is 132 Å². The van der Waals surface area contributed by atoms with Gasteiger partial charge in [-0.05, 0) is 31.9 Å². The lowest BCUT2D eigenvalue weighted by atomic mass is 10.2. The Morgan fingerprint density at radius 2 is 2.16 bits per heavy atom. The van der Waals surface area contributed by atoms with Crippen molar-refractivity contribution < 1.29 is 14.4 Å². The van der Waals surface area contributed by atoms with Crippen molar-refractivity contribution in [3.8, 4) is 11.5 Å². The van der Waals surface area contributed by atoms with Crippen LogP contribution in [-0.2, 0) is 11.3 Å². The van der Waals surface area contributed by atoms with Crippen molar-refractivity contribution in [2.24, 2.45) is 0 Å². The molecule has 3 aromatic rings. The number of aryl methyl sites for hydroxylation is 2.